The quantitative estimate of drug-likeness (QED) is 0.607. The number of ether oxygens (including phenoxy) is 1. The number of rotatable bonds is 6. The molecule has 0 atom stereocenters. The second-order valence-corrected chi connectivity index (χ2v) is 8.40. The van der Waals surface area contributed by atoms with Gasteiger partial charge in [0.2, 0.25) is 0 Å². The van der Waals surface area contributed by atoms with Gasteiger partial charge in [-0.3, -0.25) is 9.47 Å². The Bertz CT molecular complexity index is 998. The molecule has 7 nitrogen and oxygen atoms in total. The fourth-order valence-corrected chi connectivity index (χ4v) is 4.55. The molecule has 0 saturated carbocycles. The summed E-state index contributed by atoms with van der Waals surface area (Å²) in [6, 6.07) is 0. The van der Waals surface area contributed by atoms with Crippen LogP contribution in [0.2, 0.25) is 0 Å². The lowest BCUT2D eigenvalue weighted by atomic mass is 10.2. The molecule has 3 aromatic rings. The molecule has 0 aromatic carbocycles. The highest BCUT2D eigenvalue weighted by Crippen LogP contribution is 2.35. The third kappa shape index (κ3) is 4.10. The lowest BCUT2D eigenvalue weighted by Gasteiger charge is -2.26. The molecule has 0 amide bonds. The molecule has 3 aromatic heterocycles. The molecule has 0 aliphatic carbocycles. The molecule has 0 spiro atoms. The van der Waals surface area contributed by atoms with Crippen molar-refractivity contribution in [2.75, 3.05) is 38.3 Å². The first-order chi connectivity index (χ1) is 13.9. The minimum absolute atomic E-state index is 0.231. The maximum atomic E-state index is 13.2. The van der Waals surface area contributed by atoms with Crippen LogP contribution in [0.25, 0.3) is 10.2 Å². The van der Waals surface area contributed by atoms with Gasteiger partial charge in [-0.15, -0.1) is 11.3 Å². The Kier molecular flexibility index (Phi) is 5.75. The molecule has 29 heavy (non-hydrogen) atoms. The van der Waals surface area contributed by atoms with Gasteiger partial charge in [-0.25, -0.2) is 15.0 Å². The van der Waals surface area contributed by atoms with Gasteiger partial charge in [-0.2, -0.15) is 8.78 Å². The number of nitrogens with zero attached hydrogens (tertiary/aromatic N) is 6. The van der Waals surface area contributed by atoms with E-state index in [0.717, 1.165) is 45.1 Å². The van der Waals surface area contributed by atoms with Gasteiger partial charge in [0.25, 0.3) is 0 Å². The predicted molar refractivity (Wildman–Crippen MR) is 109 cm³/mol. The van der Waals surface area contributed by atoms with Gasteiger partial charge in [0, 0.05) is 37.4 Å². The number of halogens is 2. The largest absolute Gasteiger partial charge is 0.379 e. The summed E-state index contributed by atoms with van der Waals surface area (Å²) in [5.74, 6) is 1.79. The Morgan fingerprint density at radius 2 is 2.00 bits per heavy atom. The Morgan fingerprint density at radius 1 is 1.24 bits per heavy atom. The molecule has 1 saturated heterocycles. The molecule has 1 fully saturated rings. The van der Waals surface area contributed by atoms with E-state index in [2.05, 4.69) is 23.7 Å². The van der Waals surface area contributed by atoms with E-state index in [1.807, 2.05) is 11.9 Å². The van der Waals surface area contributed by atoms with E-state index in [1.165, 1.54) is 17.3 Å². The molecule has 4 heterocycles. The van der Waals surface area contributed by atoms with Crippen molar-refractivity contribution < 1.29 is 13.5 Å². The lowest BCUT2D eigenvalue weighted by Crippen LogP contribution is -2.36. The highest BCUT2D eigenvalue weighted by Gasteiger charge is 2.21. The summed E-state index contributed by atoms with van der Waals surface area (Å²) < 4.78 is 32.7. The van der Waals surface area contributed by atoms with Crippen LogP contribution in [-0.2, 0) is 17.8 Å². The normalized spacial score (nSPS) is 15.5. The van der Waals surface area contributed by atoms with E-state index in [4.69, 9.17) is 14.7 Å². The molecule has 10 heteroatoms. The average molecular weight is 423 g/mol. The number of hydrogen-bond donors (Lipinski definition) is 0. The number of imidazole rings is 1. The number of fused-ring (bicyclic) bond motifs is 1. The van der Waals surface area contributed by atoms with Gasteiger partial charge in [-0.1, -0.05) is 0 Å². The van der Waals surface area contributed by atoms with Crippen LogP contribution in [0.5, 0.6) is 0 Å². The highest BCUT2D eigenvalue weighted by atomic mass is 32.1. The molecule has 1 aliphatic heterocycles. The SMILES string of the molecule is Cc1sc2nc(CN3CCOCC3)nc(N(C)Cc3nccn3C(F)F)c2c1C. The Morgan fingerprint density at radius 3 is 2.72 bits per heavy atom. The Labute approximate surface area is 171 Å². The smallest absolute Gasteiger partial charge is 0.319 e. The van der Waals surface area contributed by atoms with Crippen LogP contribution in [0, 0.1) is 13.8 Å². The zero-order chi connectivity index (χ0) is 20.5. The fraction of sp³-hybridized carbons (Fsp3) is 0.526. The van der Waals surface area contributed by atoms with E-state index in [9.17, 15) is 8.78 Å². The van der Waals surface area contributed by atoms with Crippen molar-refractivity contribution in [2.45, 2.75) is 33.5 Å². The highest BCUT2D eigenvalue weighted by molar-refractivity contribution is 7.18. The second-order valence-electron chi connectivity index (χ2n) is 7.20. The number of aryl methyl sites for hydroxylation is 2. The summed E-state index contributed by atoms with van der Waals surface area (Å²) in [7, 11) is 1.86. The third-order valence-electron chi connectivity index (χ3n) is 5.22. The van der Waals surface area contributed by atoms with E-state index < -0.39 is 6.55 Å². The van der Waals surface area contributed by atoms with Crippen molar-refractivity contribution in [3.63, 3.8) is 0 Å². The van der Waals surface area contributed by atoms with Gasteiger partial charge in [0.05, 0.1) is 31.7 Å². The molecule has 1 aliphatic rings. The van der Waals surface area contributed by atoms with Crippen LogP contribution in [0.15, 0.2) is 12.4 Å². The summed E-state index contributed by atoms with van der Waals surface area (Å²) in [6.07, 6.45) is 2.70. The molecular formula is C19H24F2N6OS. The Balaban J connectivity index is 1.69. The Hall–Kier alpha value is -2.17. The molecule has 0 N–H and O–H groups in total. The number of morpholine rings is 1. The molecule has 0 unspecified atom stereocenters. The number of hydrogen-bond acceptors (Lipinski definition) is 7. The van der Waals surface area contributed by atoms with Crippen molar-refractivity contribution in [3.8, 4) is 0 Å². The fourth-order valence-electron chi connectivity index (χ4n) is 3.51. The number of anilines is 1. The first-order valence-corrected chi connectivity index (χ1v) is 10.3. The standard InChI is InChI=1S/C19H24F2N6OS/c1-12-13(2)29-18-16(12)17(23-14(24-18)10-26-6-8-28-9-7-26)25(3)11-15-22-4-5-27(15)19(20)21/h4-5,19H,6-11H2,1-3H3. The topological polar surface area (TPSA) is 59.3 Å². The molecule has 0 bridgehead atoms. The molecular weight excluding hydrogens is 398 g/mol. The summed E-state index contributed by atoms with van der Waals surface area (Å²) >= 11 is 1.64. The summed E-state index contributed by atoms with van der Waals surface area (Å²) in [5, 5.41) is 0.982. The first-order valence-electron chi connectivity index (χ1n) is 9.51. The van der Waals surface area contributed by atoms with E-state index in [1.54, 1.807) is 11.3 Å². The summed E-state index contributed by atoms with van der Waals surface area (Å²) in [5.41, 5.74) is 1.13. The zero-order valence-electron chi connectivity index (χ0n) is 16.7. The van der Waals surface area contributed by atoms with Gasteiger partial charge >= 0.3 is 6.55 Å². The van der Waals surface area contributed by atoms with E-state index >= 15 is 0 Å². The van der Waals surface area contributed by atoms with Gasteiger partial charge in [-0.05, 0) is 19.4 Å². The molecule has 4 rings (SSSR count). The third-order valence-corrected chi connectivity index (χ3v) is 6.33. The monoisotopic (exact) mass is 422 g/mol. The van der Waals surface area contributed by atoms with E-state index in [-0.39, 0.29) is 6.54 Å². The van der Waals surface area contributed by atoms with Gasteiger partial charge in [0.15, 0.2) is 0 Å². The van der Waals surface area contributed by atoms with Crippen LogP contribution in [0.1, 0.15) is 28.6 Å². The summed E-state index contributed by atoms with van der Waals surface area (Å²) in [4.78, 5) is 20.0. The van der Waals surface area contributed by atoms with Crippen LogP contribution in [-0.4, -0.2) is 57.8 Å². The van der Waals surface area contributed by atoms with Crippen molar-refractivity contribution >= 4 is 27.4 Å². The minimum Gasteiger partial charge on any atom is -0.379 e. The first kappa shape index (κ1) is 20.1. The number of alkyl halides is 2. The van der Waals surface area contributed by atoms with Crippen molar-refractivity contribution in [1.29, 1.82) is 0 Å². The maximum absolute atomic E-state index is 13.2. The second kappa shape index (κ2) is 8.29. The summed E-state index contributed by atoms with van der Waals surface area (Å²) in [6.45, 7) is 5.49. The average Bonchev–Trinajstić information content (AvgIpc) is 3.26. The van der Waals surface area contributed by atoms with Gasteiger partial charge in [0.1, 0.15) is 22.3 Å². The number of aromatic nitrogens is 4. The van der Waals surface area contributed by atoms with Crippen LogP contribution < -0.4 is 4.90 Å². The zero-order valence-corrected chi connectivity index (χ0v) is 17.5. The minimum atomic E-state index is -2.62. The van der Waals surface area contributed by atoms with Crippen molar-refractivity contribution in [2.24, 2.45) is 0 Å². The van der Waals surface area contributed by atoms with Gasteiger partial charge < -0.3 is 9.64 Å². The molecule has 0 radical (unpaired) electrons. The van der Waals surface area contributed by atoms with Crippen LogP contribution in [0.3, 0.4) is 0 Å². The maximum Gasteiger partial charge on any atom is 0.319 e. The number of thiophene rings is 1. The van der Waals surface area contributed by atoms with Crippen molar-refractivity contribution in [1.82, 2.24) is 24.4 Å². The predicted octanol–water partition coefficient (Wildman–Crippen LogP) is 3.37. The van der Waals surface area contributed by atoms with Crippen LogP contribution in [0.4, 0.5) is 14.6 Å². The van der Waals surface area contributed by atoms with E-state index in [0.29, 0.717) is 25.6 Å². The van der Waals surface area contributed by atoms with Crippen molar-refractivity contribution in [3.05, 3.63) is 34.5 Å². The molecule has 156 valence electrons. The lowest BCUT2D eigenvalue weighted by molar-refractivity contribution is 0.0331. The van der Waals surface area contributed by atoms with Crippen LogP contribution >= 0.6 is 11.3 Å².